The molecule has 0 radical (unpaired) electrons. The van der Waals surface area contributed by atoms with Gasteiger partial charge in [-0.25, -0.2) is 0 Å². The Labute approximate surface area is 152 Å². The molecule has 0 spiro atoms. The molecule has 0 fully saturated rings. The number of aryl methyl sites for hydroxylation is 3. The van der Waals surface area contributed by atoms with Crippen LogP contribution in [0.5, 0.6) is 0 Å². The van der Waals surface area contributed by atoms with Crippen LogP contribution in [-0.4, -0.2) is 30.4 Å². The summed E-state index contributed by atoms with van der Waals surface area (Å²) in [6, 6.07) is 14.2. The van der Waals surface area contributed by atoms with E-state index in [9.17, 15) is 4.79 Å². The normalized spacial score (nSPS) is 13.0. The third kappa shape index (κ3) is 4.10. The van der Waals surface area contributed by atoms with Crippen molar-refractivity contribution >= 4 is 5.91 Å². The van der Waals surface area contributed by atoms with Crippen molar-refractivity contribution in [2.75, 3.05) is 14.1 Å². The molecule has 134 valence electrons. The van der Waals surface area contributed by atoms with Crippen LogP contribution in [-0.2, 0) is 0 Å². The molecule has 25 heavy (non-hydrogen) atoms. The average Bonchev–Trinajstić information content (AvgIpc) is 2.52. The van der Waals surface area contributed by atoms with Crippen molar-refractivity contribution in [3.63, 3.8) is 0 Å². The van der Waals surface area contributed by atoms with Crippen LogP contribution in [0.2, 0.25) is 0 Å². The van der Waals surface area contributed by atoms with Gasteiger partial charge in [-0.1, -0.05) is 48.0 Å². The summed E-state index contributed by atoms with van der Waals surface area (Å²) < 4.78 is 0. The van der Waals surface area contributed by atoms with E-state index in [0.717, 1.165) is 22.3 Å². The summed E-state index contributed by atoms with van der Waals surface area (Å²) in [5.74, 6) is -0.0150. The van der Waals surface area contributed by atoms with Gasteiger partial charge in [0.2, 0.25) is 0 Å². The lowest BCUT2D eigenvalue weighted by molar-refractivity contribution is 0.0839. The minimum Gasteiger partial charge on any atom is -0.343 e. The first-order valence-corrected chi connectivity index (χ1v) is 8.75. The van der Waals surface area contributed by atoms with Crippen LogP contribution in [0.15, 0.2) is 42.5 Å². The van der Waals surface area contributed by atoms with Gasteiger partial charge in [0.25, 0.3) is 5.91 Å². The minimum absolute atomic E-state index is 0.0150. The molecule has 0 bridgehead atoms. The van der Waals surface area contributed by atoms with E-state index in [1.165, 1.54) is 5.56 Å². The van der Waals surface area contributed by atoms with Gasteiger partial charge >= 0.3 is 0 Å². The van der Waals surface area contributed by atoms with Gasteiger partial charge in [0.1, 0.15) is 0 Å². The zero-order valence-corrected chi connectivity index (χ0v) is 16.5. The Morgan fingerprint density at radius 1 is 1.00 bits per heavy atom. The molecule has 0 saturated carbocycles. The molecule has 0 aromatic heterocycles. The van der Waals surface area contributed by atoms with Crippen LogP contribution < -0.4 is 5.32 Å². The second kappa shape index (κ2) is 7.40. The van der Waals surface area contributed by atoms with Gasteiger partial charge in [0, 0.05) is 11.1 Å². The molecule has 0 aliphatic heterocycles. The fourth-order valence-electron chi connectivity index (χ4n) is 3.31. The van der Waals surface area contributed by atoms with Crippen molar-refractivity contribution in [2.45, 2.75) is 46.2 Å². The van der Waals surface area contributed by atoms with Crippen molar-refractivity contribution in [3.05, 3.63) is 70.3 Å². The van der Waals surface area contributed by atoms with Crippen molar-refractivity contribution in [1.82, 2.24) is 10.2 Å². The molecule has 0 saturated heterocycles. The van der Waals surface area contributed by atoms with Crippen LogP contribution in [0.25, 0.3) is 0 Å². The third-order valence-electron chi connectivity index (χ3n) is 5.17. The fraction of sp³-hybridized carbons (Fsp3) is 0.409. The Balaban J connectivity index is 2.43. The fourth-order valence-corrected chi connectivity index (χ4v) is 3.31. The average molecular weight is 338 g/mol. The predicted molar refractivity (Wildman–Crippen MR) is 105 cm³/mol. The lowest BCUT2D eigenvalue weighted by atomic mass is 9.87. The van der Waals surface area contributed by atoms with E-state index in [0.29, 0.717) is 0 Å². The first kappa shape index (κ1) is 19.2. The number of likely N-dealkylation sites (N-methyl/N-ethyl adjacent to an activating group) is 1. The Hall–Kier alpha value is -2.13. The van der Waals surface area contributed by atoms with E-state index in [1.54, 1.807) is 0 Å². The molecule has 1 atom stereocenters. The zero-order chi connectivity index (χ0) is 18.8. The number of carbonyl (C=O) groups excluding carboxylic acids is 1. The van der Waals surface area contributed by atoms with E-state index in [2.05, 4.69) is 55.3 Å². The van der Waals surface area contributed by atoms with Crippen LogP contribution in [0.4, 0.5) is 0 Å². The standard InChI is InChI=1S/C22H30N2O/c1-15-13-16(2)19(17(3)14-15)21(25)23-20(22(4,5)24(6)7)18-11-9-8-10-12-18/h8-14,20H,1-7H3,(H,23,25). The minimum atomic E-state index is -0.233. The summed E-state index contributed by atoms with van der Waals surface area (Å²) in [6.07, 6.45) is 0. The number of benzene rings is 2. The second-order valence-corrected chi connectivity index (χ2v) is 7.64. The molecule has 0 aliphatic carbocycles. The summed E-state index contributed by atoms with van der Waals surface area (Å²) in [6.45, 7) is 10.4. The first-order valence-electron chi connectivity index (χ1n) is 8.75. The number of carbonyl (C=O) groups is 1. The highest BCUT2D eigenvalue weighted by Gasteiger charge is 2.34. The van der Waals surface area contributed by atoms with E-state index >= 15 is 0 Å². The number of hydrogen-bond donors (Lipinski definition) is 1. The SMILES string of the molecule is Cc1cc(C)c(C(=O)NC(c2ccccc2)C(C)(C)N(C)C)c(C)c1. The van der Waals surface area contributed by atoms with E-state index in [-0.39, 0.29) is 17.5 Å². The Morgan fingerprint density at radius 3 is 2.00 bits per heavy atom. The molecule has 3 heteroatoms. The van der Waals surface area contributed by atoms with Crippen LogP contribution >= 0.6 is 0 Å². The summed E-state index contributed by atoms with van der Waals surface area (Å²) in [4.78, 5) is 15.3. The van der Waals surface area contributed by atoms with Crippen molar-refractivity contribution in [1.29, 1.82) is 0 Å². The second-order valence-electron chi connectivity index (χ2n) is 7.64. The summed E-state index contributed by atoms with van der Waals surface area (Å²) in [5, 5.41) is 3.29. The van der Waals surface area contributed by atoms with Gasteiger partial charge in [-0.15, -0.1) is 0 Å². The molecule has 2 aromatic carbocycles. The summed E-state index contributed by atoms with van der Waals surface area (Å²) >= 11 is 0. The quantitative estimate of drug-likeness (QED) is 0.875. The number of nitrogens with zero attached hydrogens (tertiary/aromatic N) is 1. The molecule has 1 unspecified atom stereocenters. The zero-order valence-electron chi connectivity index (χ0n) is 16.5. The lowest BCUT2D eigenvalue weighted by Gasteiger charge is -2.41. The molecular formula is C22H30N2O. The van der Waals surface area contributed by atoms with Crippen molar-refractivity contribution in [2.24, 2.45) is 0 Å². The topological polar surface area (TPSA) is 32.3 Å². The maximum absolute atomic E-state index is 13.1. The van der Waals surface area contributed by atoms with Gasteiger partial charge in [-0.3, -0.25) is 4.79 Å². The summed E-state index contributed by atoms with van der Waals surface area (Å²) in [5.41, 5.74) is 4.87. The molecule has 1 amide bonds. The first-order chi connectivity index (χ1) is 11.6. The van der Waals surface area contributed by atoms with Crippen molar-refractivity contribution < 1.29 is 4.79 Å². The number of nitrogens with one attached hydrogen (secondary N) is 1. The van der Waals surface area contributed by atoms with Gasteiger partial charge in [0.15, 0.2) is 0 Å². The Morgan fingerprint density at radius 2 is 1.52 bits per heavy atom. The highest BCUT2D eigenvalue weighted by atomic mass is 16.1. The van der Waals surface area contributed by atoms with E-state index in [4.69, 9.17) is 0 Å². The van der Waals surface area contributed by atoms with Gasteiger partial charge in [-0.2, -0.15) is 0 Å². The van der Waals surface area contributed by atoms with Gasteiger partial charge in [0.05, 0.1) is 6.04 Å². The number of rotatable bonds is 5. The van der Waals surface area contributed by atoms with Crippen LogP contribution in [0, 0.1) is 20.8 Å². The monoisotopic (exact) mass is 338 g/mol. The molecule has 0 aliphatic rings. The van der Waals surface area contributed by atoms with E-state index in [1.807, 2.05) is 46.1 Å². The molecule has 1 N–H and O–H groups in total. The van der Waals surface area contributed by atoms with E-state index < -0.39 is 0 Å². The van der Waals surface area contributed by atoms with Crippen LogP contribution in [0.3, 0.4) is 0 Å². The van der Waals surface area contributed by atoms with Gasteiger partial charge < -0.3 is 10.2 Å². The van der Waals surface area contributed by atoms with Crippen molar-refractivity contribution in [3.8, 4) is 0 Å². The number of amides is 1. The molecule has 3 nitrogen and oxygen atoms in total. The molecule has 2 rings (SSSR count). The van der Waals surface area contributed by atoms with Crippen LogP contribution in [0.1, 0.15) is 52.5 Å². The molecule has 0 heterocycles. The predicted octanol–water partition coefficient (Wildman–Crippen LogP) is 4.42. The molecule has 2 aromatic rings. The van der Waals surface area contributed by atoms with Gasteiger partial charge in [-0.05, 0) is 65.4 Å². The third-order valence-corrected chi connectivity index (χ3v) is 5.17. The highest BCUT2D eigenvalue weighted by molar-refractivity contribution is 5.97. The maximum atomic E-state index is 13.1. The summed E-state index contributed by atoms with van der Waals surface area (Å²) in [7, 11) is 4.09. The maximum Gasteiger partial charge on any atom is 0.252 e. The lowest BCUT2D eigenvalue weighted by Crippen LogP contribution is -2.51. The number of hydrogen-bond acceptors (Lipinski definition) is 2. The largest absolute Gasteiger partial charge is 0.343 e. The highest BCUT2D eigenvalue weighted by Crippen LogP contribution is 2.30. The Kier molecular flexibility index (Phi) is 5.69. The Bertz CT molecular complexity index is 725. The molecular weight excluding hydrogens is 308 g/mol. The smallest absolute Gasteiger partial charge is 0.252 e.